The van der Waals surface area contributed by atoms with Crippen LogP contribution in [0.5, 0.6) is 0 Å². The fourth-order valence-corrected chi connectivity index (χ4v) is 2.29. The second-order valence-corrected chi connectivity index (χ2v) is 5.14. The number of hydrogen-bond donors (Lipinski definition) is 1. The number of hydrogen-bond acceptors (Lipinski definition) is 4. The van der Waals surface area contributed by atoms with Gasteiger partial charge in [0, 0.05) is 18.3 Å². The summed E-state index contributed by atoms with van der Waals surface area (Å²) in [6.07, 6.45) is 3.04. The van der Waals surface area contributed by atoms with Crippen LogP contribution in [-0.2, 0) is 16.6 Å². The molecule has 1 aromatic carbocycles. The van der Waals surface area contributed by atoms with Gasteiger partial charge < -0.3 is 10.1 Å². The van der Waals surface area contributed by atoms with Gasteiger partial charge in [-0.15, -0.1) is 0 Å². The van der Waals surface area contributed by atoms with Crippen LogP contribution in [0, 0.1) is 0 Å². The Hall–Kier alpha value is -2.34. The minimum absolute atomic E-state index is 0.00770. The lowest BCUT2D eigenvalue weighted by molar-refractivity contribution is -0.141. The molecule has 0 aliphatic heterocycles. The molecule has 1 atom stereocenters. The first-order chi connectivity index (χ1) is 10.5. The molecule has 1 N–H and O–H groups in total. The van der Waals surface area contributed by atoms with Crippen LogP contribution in [0.15, 0.2) is 36.7 Å². The fraction of sp³-hybridized carbons (Fsp3) is 0.267. The maximum Gasteiger partial charge on any atom is 0.307 e. The molecule has 6 nitrogen and oxygen atoms in total. The monoisotopic (exact) mass is 321 g/mol. The van der Waals surface area contributed by atoms with Crippen LogP contribution in [0.3, 0.4) is 0 Å². The highest BCUT2D eigenvalue weighted by atomic mass is 35.5. The van der Waals surface area contributed by atoms with Gasteiger partial charge >= 0.3 is 5.97 Å². The van der Waals surface area contributed by atoms with Crippen LogP contribution in [-0.4, -0.2) is 28.8 Å². The Morgan fingerprint density at radius 2 is 2.14 bits per heavy atom. The van der Waals surface area contributed by atoms with E-state index in [-0.39, 0.29) is 12.3 Å². The molecule has 0 saturated carbocycles. The summed E-state index contributed by atoms with van der Waals surface area (Å²) in [6, 6.07) is 6.47. The smallest absolute Gasteiger partial charge is 0.307 e. The average molecular weight is 322 g/mol. The van der Waals surface area contributed by atoms with Crippen molar-refractivity contribution in [1.82, 2.24) is 15.1 Å². The molecule has 0 radical (unpaired) electrons. The molecule has 1 unspecified atom stereocenters. The van der Waals surface area contributed by atoms with Gasteiger partial charge in [-0.05, 0) is 11.6 Å². The Morgan fingerprint density at radius 1 is 1.41 bits per heavy atom. The summed E-state index contributed by atoms with van der Waals surface area (Å²) in [4.78, 5) is 23.9. The number of aryl methyl sites for hydroxylation is 1. The number of nitrogens with zero attached hydrogens (tertiary/aromatic N) is 2. The predicted molar refractivity (Wildman–Crippen MR) is 81.5 cm³/mol. The Kier molecular flexibility index (Phi) is 5.16. The van der Waals surface area contributed by atoms with E-state index in [0.29, 0.717) is 16.1 Å². The van der Waals surface area contributed by atoms with E-state index in [2.05, 4.69) is 15.2 Å². The molecule has 0 spiro atoms. The van der Waals surface area contributed by atoms with Gasteiger partial charge in [-0.1, -0.05) is 29.8 Å². The van der Waals surface area contributed by atoms with Crippen molar-refractivity contribution in [2.45, 2.75) is 12.5 Å². The van der Waals surface area contributed by atoms with Crippen molar-refractivity contribution in [3.8, 4) is 0 Å². The highest BCUT2D eigenvalue weighted by Gasteiger charge is 2.22. The number of rotatable bonds is 5. The van der Waals surface area contributed by atoms with Crippen molar-refractivity contribution in [2.24, 2.45) is 7.05 Å². The predicted octanol–water partition coefficient (Wildman–Crippen LogP) is 2.11. The summed E-state index contributed by atoms with van der Waals surface area (Å²) < 4.78 is 6.21. The first kappa shape index (κ1) is 16.0. The van der Waals surface area contributed by atoms with E-state index in [0.717, 1.165) is 0 Å². The zero-order valence-corrected chi connectivity index (χ0v) is 13.0. The van der Waals surface area contributed by atoms with Gasteiger partial charge in [0.15, 0.2) is 0 Å². The number of benzene rings is 1. The average Bonchev–Trinajstić information content (AvgIpc) is 2.93. The number of halogens is 1. The quantitative estimate of drug-likeness (QED) is 0.856. The zero-order valence-electron chi connectivity index (χ0n) is 12.2. The highest BCUT2D eigenvalue weighted by molar-refractivity contribution is 6.31. The van der Waals surface area contributed by atoms with Crippen LogP contribution >= 0.6 is 11.6 Å². The van der Waals surface area contributed by atoms with E-state index in [4.69, 9.17) is 11.6 Å². The summed E-state index contributed by atoms with van der Waals surface area (Å²) in [5.41, 5.74) is 1.07. The van der Waals surface area contributed by atoms with E-state index >= 15 is 0 Å². The Morgan fingerprint density at radius 3 is 2.73 bits per heavy atom. The summed E-state index contributed by atoms with van der Waals surface area (Å²) in [5.74, 6) is -0.765. The number of methoxy groups -OCH3 is 1. The lowest BCUT2D eigenvalue weighted by Crippen LogP contribution is -2.30. The number of nitrogens with one attached hydrogen (secondary N) is 1. The second-order valence-electron chi connectivity index (χ2n) is 4.73. The Bertz CT molecular complexity index is 684. The van der Waals surface area contributed by atoms with E-state index in [1.807, 2.05) is 0 Å². The van der Waals surface area contributed by atoms with Crippen molar-refractivity contribution >= 4 is 23.5 Å². The first-order valence-electron chi connectivity index (χ1n) is 6.62. The molecule has 0 aliphatic rings. The van der Waals surface area contributed by atoms with E-state index < -0.39 is 12.0 Å². The lowest BCUT2D eigenvalue weighted by Gasteiger charge is -2.19. The third-order valence-electron chi connectivity index (χ3n) is 3.15. The largest absolute Gasteiger partial charge is 0.469 e. The normalized spacial score (nSPS) is 11.8. The summed E-state index contributed by atoms with van der Waals surface area (Å²) in [7, 11) is 3.02. The summed E-state index contributed by atoms with van der Waals surface area (Å²) in [6.45, 7) is 0. The molecule has 116 valence electrons. The molecule has 2 rings (SSSR count). The minimum Gasteiger partial charge on any atom is -0.469 e. The van der Waals surface area contributed by atoms with Crippen molar-refractivity contribution in [3.63, 3.8) is 0 Å². The number of aromatic nitrogens is 2. The van der Waals surface area contributed by atoms with E-state index in [1.54, 1.807) is 37.5 Å². The fourth-order valence-electron chi connectivity index (χ4n) is 2.03. The van der Waals surface area contributed by atoms with Gasteiger partial charge in [0.1, 0.15) is 0 Å². The molecule has 1 aromatic heterocycles. The van der Waals surface area contributed by atoms with Crippen LogP contribution in [0.25, 0.3) is 0 Å². The van der Waals surface area contributed by atoms with E-state index in [1.165, 1.54) is 18.0 Å². The maximum absolute atomic E-state index is 12.3. The third kappa shape index (κ3) is 3.85. The number of ether oxygens (including phenoxy) is 1. The molecule has 0 aliphatic carbocycles. The molecule has 0 saturated heterocycles. The van der Waals surface area contributed by atoms with Crippen molar-refractivity contribution < 1.29 is 14.3 Å². The van der Waals surface area contributed by atoms with Gasteiger partial charge in [-0.25, -0.2) is 0 Å². The van der Waals surface area contributed by atoms with Gasteiger partial charge in [0.2, 0.25) is 0 Å². The standard InChI is InChI=1S/C15H16ClN3O3/c1-19-9-10(8-17-19)15(21)18-13(7-14(20)22-2)11-5-3-4-6-12(11)16/h3-6,8-9,13H,7H2,1-2H3,(H,18,21). The molecule has 22 heavy (non-hydrogen) atoms. The van der Waals surface area contributed by atoms with Crippen LogP contribution in [0.1, 0.15) is 28.4 Å². The third-order valence-corrected chi connectivity index (χ3v) is 3.50. The van der Waals surface area contributed by atoms with Gasteiger partial charge in [-0.2, -0.15) is 5.10 Å². The van der Waals surface area contributed by atoms with Crippen molar-refractivity contribution in [1.29, 1.82) is 0 Å². The topological polar surface area (TPSA) is 73.2 Å². The molecule has 7 heteroatoms. The number of esters is 1. The SMILES string of the molecule is COC(=O)CC(NC(=O)c1cnn(C)c1)c1ccccc1Cl. The molecular formula is C15H16ClN3O3. The number of amides is 1. The number of carbonyl (C=O) groups excluding carboxylic acids is 2. The molecule has 1 heterocycles. The minimum atomic E-state index is -0.575. The van der Waals surface area contributed by atoms with Crippen molar-refractivity contribution in [3.05, 3.63) is 52.8 Å². The van der Waals surface area contributed by atoms with Crippen LogP contribution < -0.4 is 5.32 Å². The van der Waals surface area contributed by atoms with E-state index in [9.17, 15) is 9.59 Å². The van der Waals surface area contributed by atoms with Crippen LogP contribution in [0.4, 0.5) is 0 Å². The van der Waals surface area contributed by atoms with Crippen molar-refractivity contribution in [2.75, 3.05) is 7.11 Å². The Balaban J connectivity index is 2.23. The van der Waals surface area contributed by atoms with Gasteiger partial charge in [0.05, 0.1) is 31.3 Å². The van der Waals surface area contributed by atoms with Gasteiger partial charge in [-0.3, -0.25) is 14.3 Å². The molecule has 2 aromatic rings. The molecular weight excluding hydrogens is 306 g/mol. The zero-order chi connectivity index (χ0) is 16.1. The molecule has 1 amide bonds. The number of carbonyl (C=O) groups is 2. The molecule has 0 bridgehead atoms. The maximum atomic E-state index is 12.3. The summed E-state index contributed by atoms with van der Waals surface area (Å²) in [5, 5.41) is 7.22. The first-order valence-corrected chi connectivity index (χ1v) is 7.00. The highest BCUT2D eigenvalue weighted by Crippen LogP contribution is 2.25. The van der Waals surface area contributed by atoms with Gasteiger partial charge in [0.25, 0.3) is 5.91 Å². The second kappa shape index (κ2) is 7.09. The Labute approximate surface area is 133 Å². The van der Waals surface area contributed by atoms with Crippen LogP contribution in [0.2, 0.25) is 5.02 Å². The molecule has 0 fully saturated rings. The lowest BCUT2D eigenvalue weighted by atomic mass is 10.0. The summed E-state index contributed by atoms with van der Waals surface area (Å²) >= 11 is 6.16.